The summed E-state index contributed by atoms with van der Waals surface area (Å²) in [6.45, 7) is 0.946. The number of hydrogen-bond donors (Lipinski definition) is 3. The van der Waals surface area contributed by atoms with E-state index in [1.165, 1.54) is 18.2 Å². The highest BCUT2D eigenvalue weighted by Crippen LogP contribution is 2.48. The van der Waals surface area contributed by atoms with Crippen LogP contribution in [0.3, 0.4) is 0 Å². The minimum absolute atomic E-state index is 0. The van der Waals surface area contributed by atoms with Crippen molar-refractivity contribution < 1.29 is 13.9 Å². The lowest BCUT2D eigenvalue weighted by Gasteiger charge is -2.19. The predicted molar refractivity (Wildman–Crippen MR) is 109 cm³/mol. The highest BCUT2D eigenvalue weighted by atomic mass is 127. The second-order valence-electron chi connectivity index (χ2n) is 6.33. The molecule has 26 heavy (non-hydrogen) atoms. The minimum atomic E-state index is -0.654. The van der Waals surface area contributed by atoms with E-state index in [0.717, 1.165) is 18.4 Å². The van der Waals surface area contributed by atoms with Crippen LogP contribution in [0, 0.1) is 11.6 Å². The van der Waals surface area contributed by atoms with Gasteiger partial charge in [-0.15, -0.1) is 24.0 Å². The molecule has 4 nitrogen and oxygen atoms in total. The number of guanidine groups is 1. The number of nitrogens with zero attached hydrogens (tertiary/aromatic N) is 1. The Morgan fingerprint density at radius 2 is 1.85 bits per heavy atom. The lowest BCUT2D eigenvalue weighted by Crippen LogP contribution is -2.41. The van der Waals surface area contributed by atoms with Gasteiger partial charge in [0.05, 0.1) is 0 Å². The molecule has 0 aliphatic heterocycles. The molecule has 0 spiro atoms. The van der Waals surface area contributed by atoms with Gasteiger partial charge in [-0.25, -0.2) is 8.78 Å². The Morgan fingerprint density at radius 1 is 1.12 bits per heavy atom. The number of benzene rings is 2. The Labute approximate surface area is 168 Å². The van der Waals surface area contributed by atoms with Gasteiger partial charge in [0.15, 0.2) is 17.5 Å². The van der Waals surface area contributed by atoms with Crippen molar-refractivity contribution in [2.45, 2.75) is 24.8 Å². The number of phenolic OH excluding ortho intramolecular Hbond substituents is 1. The summed E-state index contributed by atoms with van der Waals surface area (Å²) in [5.41, 5.74) is 1.24. The number of phenols is 1. The molecule has 0 amide bonds. The van der Waals surface area contributed by atoms with E-state index in [4.69, 9.17) is 0 Å². The van der Waals surface area contributed by atoms with Crippen LogP contribution < -0.4 is 10.6 Å². The Morgan fingerprint density at radius 3 is 2.46 bits per heavy atom. The largest absolute Gasteiger partial charge is 0.505 e. The van der Waals surface area contributed by atoms with Gasteiger partial charge in [0, 0.05) is 25.6 Å². The molecule has 1 aliphatic carbocycles. The van der Waals surface area contributed by atoms with Crippen molar-refractivity contribution in [1.82, 2.24) is 10.6 Å². The average Bonchev–Trinajstić information content (AvgIpc) is 3.39. The summed E-state index contributed by atoms with van der Waals surface area (Å²) in [6, 6.07) is 11.1. The summed E-state index contributed by atoms with van der Waals surface area (Å²) >= 11 is 0. The molecule has 0 radical (unpaired) electrons. The second-order valence-corrected chi connectivity index (χ2v) is 6.33. The van der Waals surface area contributed by atoms with Gasteiger partial charge < -0.3 is 15.7 Å². The number of halogens is 3. The Balaban J connectivity index is 0.00000243. The highest BCUT2D eigenvalue weighted by molar-refractivity contribution is 14.0. The molecule has 2 aromatic carbocycles. The third-order valence-electron chi connectivity index (χ3n) is 4.59. The van der Waals surface area contributed by atoms with Crippen LogP contribution in [-0.2, 0) is 12.0 Å². The third-order valence-corrected chi connectivity index (χ3v) is 4.59. The number of hydrogen-bond acceptors (Lipinski definition) is 2. The molecule has 1 aliphatic rings. The van der Waals surface area contributed by atoms with Gasteiger partial charge in [-0.2, -0.15) is 0 Å². The lowest BCUT2D eigenvalue weighted by molar-refractivity contribution is 0.431. The van der Waals surface area contributed by atoms with Crippen LogP contribution in [0.15, 0.2) is 47.5 Å². The van der Waals surface area contributed by atoms with E-state index in [9.17, 15) is 13.9 Å². The van der Waals surface area contributed by atoms with E-state index in [1.807, 2.05) is 12.1 Å². The Bertz CT molecular complexity index is 794. The van der Waals surface area contributed by atoms with E-state index in [1.54, 1.807) is 19.2 Å². The molecule has 7 heteroatoms. The standard InChI is InChI=1S/C19H21F2N3O.HI/c1-22-18(23-11-13-6-7-17(25)16(21)10-13)24-12-19(8-9-19)14-4-2-3-5-15(14)20;/h2-7,10,25H,8-9,11-12H2,1H3,(H2,22,23,24);1H. The van der Waals surface area contributed by atoms with Crippen LogP contribution >= 0.6 is 24.0 Å². The first-order valence-electron chi connectivity index (χ1n) is 8.21. The van der Waals surface area contributed by atoms with Crippen LogP contribution in [0.4, 0.5) is 8.78 Å². The molecule has 0 heterocycles. The van der Waals surface area contributed by atoms with Crippen molar-refractivity contribution >= 4 is 29.9 Å². The summed E-state index contributed by atoms with van der Waals surface area (Å²) in [5, 5.41) is 15.5. The maximum atomic E-state index is 14.0. The molecular weight excluding hydrogens is 451 g/mol. The number of aliphatic imine (C=N–C) groups is 1. The molecule has 0 atom stereocenters. The maximum absolute atomic E-state index is 14.0. The molecule has 1 saturated carbocycles. The number of nitrogens with one attached hydrogen (secondary N) is 2. The summed E-state index contributed by atoms with van der Waals surface area (Å²) < 4.78 is 27.4. The van der Waals surface area contributed by atoms with E-state index < -0.39 is 5.82 Å². The fourth-order valence-corrected chi connectivity index (χ4v) is 2.90. The van der Waals surface area contributed by atoms with E-state index in [0.29, 0.717) is 24.6 Å². The van der Waals surface area contributed by atoms with Gasteiger partial charge >= 0.3 is 0 Å². The van der Waals surface area contributed by atoms with E-state index in [2.05, 4.69) is 15.6 Å². The first-order valence-corrected chi connectivity index (χ1v) is 8.21. The van der Waals surface area contributed by atoms with Gasteiger partial charge in [-0.05, 0) is 42.2 Å². The van der Waals surface area contributed by atoms with E-state index >= 15 is 0 Å². The van der Waals surface area contributed by atoms with Crippen LogP contribution in [-0.4, -0.2) is 24.7 Å². The van der Waals surface area contributed by atoms with Gasteiger partial charge in [-0.3, -0.25) is 4.99 Å². The topological polar surface area (TPSA) is 56.7 Å². The predicted octanol–water partition coefficient (Wildman–Crippen LogP) is 3.69. The van der Waals surface area contributed by atoms with Gasteiger partial charge in [0.1, 0.15) is 5.82 Å². The molecule has 0 aromatic heterocycles. The summed E-state index contributed by atoms with van der Waals surface area (Å²) in [6.07, 6.45) is 1.86. The van der Waals surface area contributed by atoms with Gasteiger partial charge in [0.2, 0.25) is 0 Å². The van der Waals surface area contributed by atoms with Crippen molar-refractivity contribution in [2.24, 2.45) is 4.99 Å². The van der Waals surface area contributed by atoms with Crippen LogP contribution in [0.25, 0.3) is 0 Å². The quantitative estimate of drug-likeness (QED) is 0.353. The van der Waals surface area contributed by atoms with Crippen molar-refractivity contribution in [1.29, 1.82) is 0 Å². The first kappa shape index (κ1) is 20.4. The zero-order chi connectivity index (χ0) is 17.9. The maximum Gasteiger partial charge on any atom is 0.191 e. The SMILES string of the molecule is CN=C(NCc1ccc(O)c(F)c1)NCC1(c2ccccc2F)CC1.I. The monoisotopic (exact) mass is 473 g/mol. The lowest BCUT2D eigenvalue weighted by atomic mass is 9.95. The third kappa shape index (κ3) is 4.63. The van der Waals surface area contributed by atoms with Crippen LogP contribution in [0.5, 0.6) is 5.75 Å². The second kappa shape index (κ2) is 8.66. The smallest absolute Gasteiger partial charge is 0.191 e. The van der Waals surface area contributed by atoms with Crippen LogP contribution in [0.1, 0.15) is 24.0 Å². The number of rotatable bonds is 5. The van der Waals surface area contributed by atoms with Crippen LogP contribution in [0.2, 0.25) is 0 Å². The first-order chi connectivity index (χ1) is 12.0. The molecule has 3 rings (SSSR count). The fourth-order valence-electron chi connectivity index (χ4n) is 2.90. The fraction of sp³-hybridized carbons (Fsp3) is 0.316. The van der Waals surface area contributed by atoms with Crippen molar-refractivity contribution in [3.8, 4) is 5.75 Å². The van der Waals surface area contributed by atoms with E-state index in [-0.39, 0.29) is 41.0 Å². The summed E-state index contributed by atoms with van der Waals surface area (Å²) in [4.78, 5) is 4.15. The average molecular weight is 473 g/mol. The van der Waals surface area contributed by atoms with Crippen molar-refractivity contribution in [3.63, 3.8) is 0 Å². The molecule has 140 valence electrons. The normalized spacial score (nSPS) is 15.1. The molecule has 0 saturated heterocycles. The minimum Gasteiger partial charge on any atom is -0.505 e. The zero-order valence-corrected chi connectivity index (χ0v) is 16.8. The van der Waals surface area contributed by atoms with Crippen molar-refractivity contribution in [2.75, 3.05) is 13.6 Å². The Kier molecular flexibility index (Phi) is 6.80. The summed E-state index contributed by atoms with van der Waals surface area (Å²) in [5.74, 6) is -0.633. The van der Waals surface area contributed by atoms with Gasteiger partial charge in [0.25, 0.3) is 0 Å². The van der Waals surface area contributed by atoms with Gasteiger partial charge in [-0.1, -0.05) is 24.3 Å². The highest BCUT2D eigenvalue weighted by Gasteiger charge is 2.45. The molecular formula is C19H22F2IN3O. The molecule has 0 bridgehead atoms. The number of aromatic hydroxyl groups is 1. The molecule has 0 unspecified atom stereocenters. The zero-order valence-electron chi connectivity index (χ0n) is 14.4. The molecule has 3 N–H and O–H groups in total. The van der Waals surface area contributed by atoms with Crippen molar-refractivity contribution in [3.05, 3.63) is 65.2 Å². The summed E-state index contributed by atoms with van der Waals surface area (Å²) in [7, 11) is 1.65. The Hall–Kier alpha value is -1.90. The molecule has 2 aromatic rings. The molecule has 1 fully saturated rings.